The van der Waals surface area contributed by atoms with Gasteiger partial charge in [-0.25, -0.2) is 0 Å². The molecule has 2 aliphatic rings. The second-order valence-electron chi connectivity index (χ2n) is 8.37. The minimum Gasteiger partial charge on any atom is -0.348 e. The third-order valence-corrected chi connectivity index (χ3v) is 6.98. The van der Waals surface area contributed by atoms with E-state index in [1.165, 1.54) is 0 Å². The van der Waals surface area contributed by atoms with E-state index in [1.54, 1.807) is 24.3 Å². The standard InChI is InChI=1S/C22H23Cl3N4O2S/c1-13-5-7-15(8-6-13)19(31)26-20(22(23,24)25)27-21(32)28-10-14-9-16(12-28)17-3-2-4-18(30)29(17)11-14/h2-8,14,16,20H,9-12H2,1H3,(H,26,31)(H,27,32)/t14-,16+,20?/m1/s1. The molecule has 6 nitrogen and oxygen atoms in total. The van der Waals surface area contributed by atoms with Crippen molar-refractivity contribution in [1.82, 2.24) is 20.1 Å². The summed E-state index contributed by atoms with van der Waals surface area (Å²) in [4.78, 5) is 26.9. The minimum atomic E-state index is -1.82. The van der Waals surface area contributed by atoms with E-state index in [1.807, 2.05) is 34.6 Å². The molecule has 2 aromatic rings. The van der Waals surface area contributed by atoms with Gasteiger partial charge in [0.2, 0.25) is 3.79 Å². The first-order valence-electron chi connectivity index (χ1n) is 10.3. The highest BCUT2D eigenvalue weighted by molar-refractivity contribution is 7.80. The summed E-state index contributed by atoms with van der Waals surface area (Å²) in [5.74, 6) is 0.0967. The van der Waals surface area contributed by atoms with Crippen LogP contribution >= 0.6 is 47.0 Å². The van der Waals surface area contributed by atoms with Gasteiger partial charge in [-0.05, 0) is 49.7 Å². The molecule has 1 fully saturated rings. The number of halogens is 3. The third kappa shape index (κ3) is 5.06. The van der Waals surface area contributed by atoms with Gasteiger partial charge in [-0.15, -0.1) is 0 Å². The number of benzene rings is 1. The van der Waals surface area contributed by atoms with Gasteiger partial charge in [0.25, 0.3) is 11.5 Å². The summed E-state index contributed by atoms with van der Waals surface area (Å²) in [7, 11) is 0. The molecular weight excluding hydrogens is 491 g/mol. The molecule has 2 aliphatic heterocycles. The Hall–Kier alpha value is -1.80. The van der Waals surface area contributed by atoms with E-state index in [4.69, 9.17) is 47.0 Å². The Morgan fingerprint density at radius 2 is 1.81 bits per heavy atom. The van der Waals surface area contributed by atoms with Crippen LogP contribution in [0.15, 0.2) is 47.3 Å². The molecule has 1 aromatic carbocycles. The number of hydrogen-bond donors (Lipinski definition) is 2. The van der Waals surface area contributed by atoms with E-state index in [2.05, 4.69) is 10.6 Å². The van der Waals surface area contributed by atoms with Crippen LogP contribution in [0.25, 0.3) is 0 Å². The Morgan fingerprint density at radius 1 is 1.09 bits per heavy atom. The second-order valence-corrected chi connectivity index (χ2v) is 11.1. The first kappa shape index (κ1) is 23.4. The molecule has 1 saturated heterocycles. The number of thiocarbonyl (C=S) groups is 1. The Kier molecular flexibility index (Phi) is 6.73. The highest BCUT2D eigenvalue weighted by Gasteiger charge is 2.39. The smallest absolute Gasteiger partial charge is 0.252 e. The van der Waals surface area contributed by atoms with E-state index < -0.39 is 9.96 Å². The van der Waals surface area contributed by atoms with Crippen molar-refractivity contribution < 1.29 is 4.79 Å². The normalized spacial score (nSPS) is 20.8. The number of aromatic nitrogens is 1. The molecule has 32 heavy (non-hydrogen) atoms. The summed E-state index contributed by atoms with van der Waals surface area (Å²) < 4.78 is 0.0363. The number of fused-ring (bicyclic) bond motifs is 4. The van der Waals surface area contributed by atoms with Crippen LogP contribution in [0.5, 0.6) is 0 Å². The van der Waals surface area contributed by atoms with Crippen molar-refractivity contribution in [3.63, 3.8) is 0 Å². The largest absolute Gasteiger partial charge is 0.348 e. The van der Waals surface area contributed by atoms with Crippen molar-refractivity contribution in [3.8, 4) is 0 Å². The van der Waals surface area contributed by atoms with Gasteiger partial charge in [0, 0.05) is 42.9 Å². The predicted octanol–water partition coefficient (Wildman–Crippen LogP) is 3.58. The number of amides is 1. The van der Waals surface area contributed by atoms with Crippen LogP contribution in [-0.2, 0) is 6.54 Å². The molecule has 0 radical (unpaired) electrons. The van der Waals surface area contributed by atoms with Crippen molar-refractivity contribution in [2.24, 2.45) is 5.92 Å². The molecule has 0 aliphatic carbocycles. The number of piperidine rings is 1. The van der Waals surface area contributed by atoms with Gasteiger partial charge in [-0.2, -0.15) is 0 Å². The van der Waals surface area contributed by atoms with Crippen LogP contribution in [0.2, 0.25) is 0 Å². The Balaban J connectivity index is 1.47. The summed E-state index contributed by atoms with van der Waals surface area (Å²) in [6.45, 7) is 3.92. The first-order chi connectivity index (χ1) is 15.1. The summed E-state index contributed by atoms with van der Waals surface area (Å²) in [5, 5.41) is 6.15. The van der Waals surface area contributed by atoms with Crippen molar-refractivity contribution in [2.75, 3.05) is 13.1 Å². The van der Waals surface area contributed by atoms with E-state index in [0.717, 1.165) is 17.7 Å². The van der Waals surface area contributed by atoms with Crippen molar-refractivity contribution in [1.29, 1.82) is 0 Å². The molecule has 3 heterocycles. The third-order valence-electron chi connectivity index (χ3n) is 5.95. The predicted molar refractivity (Wildman–Crippen MR) is 132 cm³/mol. The lowest BCUT2D eigenvalue weighted by atomic mass is 9.83. The Labute approximate surface area is 206 Å². The number of carbonyl (C=O) groups excluding carboxylic acids is 1. The molecule has 2 bridgehead atoms. The fraction of sp³-hybridized carbons (Fsp3) is 0.409. The van der Waals surface area contributed by atoms with Crippen LogP contribution in [0, 0.1) is 12.8 Å². The van der Waals surface area contributed by atoms with Gasteiger partial charge in [0.1, 0.15) is 6.17 Å². The number of carbonyl (C=O) groups is 1. The monoisotopic (exact) mass is 512 g/mol. The molecule has 0 saturated carbocycles. The number of nitrogens with zero attached hydrogens (tertiary/aromatic N) is 2. The lowest BCUT2D eigenvalue weighted by Gasteiger charge is -2.44. The number of alkyl halides is 3. The van der Waals surface area contributed by atoms with Gasteiger partial charge in [-0.3, -0.25) is 9.59 Å². The first-order valence-corrected chi connectivity index (χ1v) is 11.9. The van der Waals surface area contributed by atoms with Gasteiger partial charge < -0.3 is 20.1 Å². The van der Waals surface area contributed by atoms with Crippen molar-refractivity contribution in [2.45, 2.75) is 35.8 Å². The van der Waals surface area contributed by atoms with Crippen LogP contribution in [0.3, 0.4) is 0 Å². The average molecular weight is 514 g/mol. The number of likely N-dealkylation sites (tertiary alicyclic amines) is 1. The summed E-state index contributed by atoms with van der Waals surface area (Å²) in [5.41, 5.74) is 2.55. The van der Waals surface area contributed by atoms with Crippen LogP contribution in [-0.4, -0.2) is 43.5 Å². The highest BCUT2D eigenvalue weighted by atomic mass is 35.6. The van der Waals surface area contributed by atoms with Crippen LogP contribution in [0.4, 0.5) is 0 Å². The van der Waals surface area contributed by atoms with Crippen molar-refractivity contribution in [3.05, 3.63) is 69.6 Å². The molecule has 1 unspecified atom stereocenters. The maximum Gasteiger partial charge on any atom is 0.252 e. The van der Waals surface area contributed by atoms with E-state index >= 15 is 0 Å². The average Bonchev–Trinajstić information content (AvgIpc) is 2.73. The lowest BCUT2D eigenvalue weighted by Crippen LogP contribution is -2.60. The Morgan fingerprint density at radius 3 is 2.50 bits per heavy atom. The van der Waals surface area contributed by atoms with E-state index in [-0.39, 0.29) is 23.3 Å². The molecule has 1 aromatic heterocycles. The fourth-order valence-corrected chi connectivity index (χ4v) is 4.99. The molecule has 3 atom stereocenters. The lowest BCUT2D eigenvalue weighted by molar-refractivity contribution is 0.0932. The summed E-state index contributed by atoms with van der Waals surface area (Å²) in [6, 6.07) is 12.5. The molecule has 0 spiro atoms. The number of nitrogens with one attached hydrogen (secondary N) is 2. The number of pyridine rings is 1. The van der Waals surface area contributed by atoms with E-state index in [9.17, 15) is 9.59 Å². The summed E-state index contributed by atoms with van der Waals surface area (Å²) >= 11 is 24.1. The zero-order valence-corrected chi connectivity index (χ0v) is 20.4. The maximum atomic E-state index is 12.7. The number of rotatable bonds is 3. The van der Waals surface area contributed by atoms with Gasteiger partial charge in [-0.1, -0.05) is 58.6 Å². The molecular formula is C22H23Cl3N4O2S. The summed E-state index contributed by atoms with van der Waals surface area (Å²) in [6.07, 6.45) is -0.0221. The van der Waals surface area contributed by atoms with Crippen LogP contribution in [0.1, 0.15) is 34.0 Å². The van der Waals surface area contributed by atoms with Crippen LogP contribution < -0.4 is 16.2 Å². The fourth-order valence-electron chi connectivity index (χ4n) is 4.40. The second kappa shape index (κ2) is 9.21. The zero-order chi connectivity index (χ0) is 23.0. The SMILES string of the molecule is Cc1ccc(C(=O)NC(NC(=S)N2C[C@H]3C[C@@H](C2)c2cccc(=O)n2C3)C(Cl)(Cl)Cl)cc1. The van der Waals surface area contributed by atoms with E-state index in [0.29, 0.717) is 30.3 Å². The Bertz CT molecular complexity index is 1080. The molecule has 170 valence electrons. The maximum absolute atomic E-state index is 12.7. The molecule has 2 N–H and O–H groups in total. The molecule has 1 amide bonds. The quantitative estimate of drug-likeness (QED) is 0.373. The minimum absolute atomic E-state index is 0.0291. The molecule has 10 heteroatoms. The van der Waals surface area contributed by atoms with Gasteiger partial charge in [0.15, 0.2) is 5.11 Å². The molecule has 4 rings (SSSR count). The topological polar surface area (TPSA) is 66.4 Å². The van der Waals surface area contributed by atoms with Gasteiger partial charge >= 0.3 is 0 Å². The number of hydrogen-bond acceptors (Lipinski definition) is 3. The highest BCUT2D eigenvalue weighted by Crippen LogP contribution is 2.35. The zero-order valence-electron chi connectivity index (χ0n) is 17.4. The van der Waals surface area contributed by atoms with Gasteiger partial charge in [0.05, 0.1) is 0 Å². The van der Waals surface area contributed by atoms with Crippen molar-refractivity contribution >= 4 is 58.0 Å². The number of aryl methyl sites for hydroxylation is 1.